The molecule has 0 saturated heterocycles. The second kappa shape index (κ2) is 8.42. The van der Waals surface area contributed by atoms with E-state index in [1.54, 1.807) is 36.4 Å². The maximum atomic E-state index is 13.3. The highest BCUT2D eigenvalue weighted by atomic mass is 35.5. The molecule has 1 aliphatic heterocycles. The molecule has 1 aliphatic rings. The summed E-state index contributed by atoms with van der Waals surface area (Å²) in [5.41, 5.74) is 2.01. The van der Waals surface area contributed by atoms with E-state index in [1.807, 2.05) is 18.2 Å². The Hall–Kier alpha value is -3.95. The van der Waals surface area contributed by atoms with E-state index in [1.165, 1.54) is 29.2 Å². The van der Waals surface area contributed by atoms with Gasteiger partial charge < -0.3 is 10.2 Å². The standard InChI is InChI=1S/C24H15ClFN3O2/c25-16-7-5-15(6-8-16)14-29-21-4-2-1-3-19(21)22(24(29)31)20(13-27)23(30)28-18-11-9-17(26)10-12-18/h1-12H,14H2,(H,28,30). The molecular formula is C24H15ClFN3O2. The van der Waals surface area contributed by atoms with Crippen molar-refractivity contribution in [1.82, 2.24) is 0 Å². The number of nitrogens with zero attached hydrogens (tertiary/aromatic N) is 2. The zero-order valence-electron chi connectivity index (χ0n) is 16.1. The minimum Gasteiger partial charge on any atom is -0.321 e. The molecule has 0 aromatic heterocycles. The lowest BCUT2D eigenvalue weighted by atomic mass is 10.0. The summed E-state index contributed by atoms with van der Waals surface area (Å²) in [5, 5.41) is 12.8. The second-order valence-electron chi connectivity index (χ2n) is 6.86. The van der Waals surface area contributed by atoms with Crippen molar-refractivity contribution in [1.29, 1.82) is 5.26 Å². The van der Waals surface area contributed by atoms with Gasteiger partial charge in [0.15, 0.2) is 0 Å². The van der Waals surface area contributed by atoms with Crippen molar-refractivity contribution < 1.29 is 14.0 Å². The molecule has 4 rings (SSSR count). The Bertz CT molecular complexity index is 1250. The van der Waals surface area contributed by atoms with Crippen LogP contribution in [0.3, 0.4) is 0 Å². The molecule has 0 saturated carbocycles. The molecule has 5 nitrogen and oxygen atoms in total. The molecule has 3 aromatic carbocycles. The Morgan fingerprint density at radius 3 is 2.39 bits per heavy atom. The average molecular weight is 432 g/mol. The Balaban J connectivity index is 1.72. The van der Waals surface area contributed by atoms with E-state index in [4.69, 9.17) is 11.6 Å². The molecule has 0 bridgehead atoms. The van der Waals surface area contributed by atoms with Crippen LogP contribution in [0.4, 0.5) is 15.8 Å². The number of nitrogens with one attached hydrogen (secondary N) is 1. The molecule has 1 N–H and O–H groups in total. The number of para-hydroxylation sites is 1. The third-order valence-corrected chi connectivity index (χ3v) is 5.12. The Kier molecular flexibility index (Phi) is 5.52. The molecule has 2 amide bonds. The number of amides is 2. The average Bonchev–Trinajstić information content (AvgIpc) is 3.04. The maximum Gasteiger partial charge on any atom is 0.267 e. The van der Waals surface area contributed by atoms with Crippen molar-refractivity contribution in [2.24, 2.45) is 0 Å². The van der Waals surface area contributed by atoms with Crippen molar-refractivity contribution in [2.45, 2.75) is 6.54 Å². The number of anilines is 2. The molecule has 0 spiro atoms. The van der Waals surface area contributed by atoms with Crippen molar-refractivity contribution in [2.75, 3.05) is 10.2 Å². The fourth-order valence-electron chi connectivity index (χ4n) is 3.40. The number of hydrogen-bond donors (Lipinski definition) is 1. The predicted molar refractivity (Wildman–Crippen MR) is 117 cm³/mol. The lowest BCUT2D eigenvalue weighted by Crippen LogP contribution is -2.27. The van der Waals surface area contributed by atoms with Crippen LogP contribution in [-0.2, 0) is 16.1 Å². The second-order valence-corrected chi connectivity index (χ2v) is 7.29. The zero-order valence-corrected chi connectivity index (χ0v) is 16.9. The summed E-state index contributed by atoms with van der Waals surface area (Å²) in [5.74, 6) is -1.63. The summed E-state index contributed by atoms with van der Waals surface area (Å²) in [4.78, 5) is 27.6. The van der Waals surface area contributed by atoms with Gasteiger partial charge in [-0.1, -0.05) is 41.9 Å². The molecule has 0 aliphatic carbocycles. The molecule has 7 heteroatoms. The van der Waals surface area contributed by atoms with Gasteiger partial charge in [0, 0.05) is 16.3 Å². The molecule has 31 heavy (non-hydrogen) atoms. The monoisotopic (exact) mass is 431 g/mol. The van der Waals surface area contributed by atoms with Crippen LogP contribution in [0.5, 0.6) is 0 Å². The van der Waals surface area contributed by atoms with Gasteiger partial charge in [-0.25, -0.2) is 4.39 Å². The van der Waals surface area contributed by atoms with Gasteiger partial charge in [0.25, 0.3) is 11.8 Å². The van der Waals surface area contributed by atoms with Crippen molar-refractivity contribution in [3.05, 3.63) is 100 Å². The quantitative estimate of drug-likeness (QED) is 0.469. The van der Waals surface area contributed by atoms with Gasteiger partial charge in [-0.2, -0.15) is 5.26 Å². The summed E-state index contributed by atoms with van der Waals surface area (Å²) in [6, 6.07) is 21.1. The summed E-state index contributed by atoms with van der Waals surface area (Å²) in [7, 11) is 0. The number of hydrogen-bond acceptors (Lipinski definition) is 3. The first kappa shape index (κ1) is 20.3. The fraction of sp³-hybridized carbons (Fsp3) is 0.0417. The van der Waals surface area contributed by atoms with E-state index in [0.717, 1.165) is 5.56 Å². The topological polar surface area (TPSA) is 73.2 Å². The Morgan fingerprint density at radius 1 is 1.03 bits per heavy atom. The third-order valence-electron chi connectivity index (χ3n) is 4.87. The Morgan fingerprint density at radius 2 is 1.71 bits per heavy atom. The lowest BCUT2D eigenvalue weighted by molar-refractivity contribution is -0.114. The predicted octanol–water partition coefficient (Wildman–Crippen LogP) is 4.94. The molecular weight excluding hydrogens is 417 g/mol. The van der Waals surface area contributed by atoms with Gasteiger partial charge >= 0.3 is 0 Å². The van der Waals surface area contributed by atoms with Crippen LogP contribution in [0.1, 0.15) is 11.1 Å². The normalized spacial score (nSPS) is 14.1. The number of carbonyl (C=O) groups is 2. The summed E-state index contributed by atoms with van der Waals surface area (Å²) in [6.45, 7) is 0.259. The summed E-state index contributed by atoms with van der Waals surface area (Å²) in [6.07, 6.45) is 0. The zero-order chi connectivity index (χ0) is 22.0. The largest absolute Gasteiger partial charge is 0.321 e. The number of carbonyl (C=O) groups excluding carboxylic acids is 2. The fourth-order valence-corrected chi connectivity index (χ4v) is 3.52. The number of rotatable bonds is 4. The van der Waals surface area contributed by atoms with Gasteiger partial charge in [0.05, 0.1) is 17.8 Å². The first-order chi connectivity index (χ1) is 15.0. The van der Waals surface area contributed by atoms with Crippen LogP contribution in [0.15, 0.2) is 78.4 Å². The van der Waals surface area contributed by atoms with Crippen LogP contribution in [0.25, 0.3) is 5.57 Å². The molecule has 0 fully saturated rings. The van der Waals surface area contributed by atoms with Gasteiger partial charge in [-0.15, -0.1) is 0 Å². The van der Waals surface area contributed by atoms with Crippen LogP contribution in [0, 0.1) is 17.1 Å². The highest BCUT2D eigenvalue weighted by Gasteiger charge is 2.36. The molecule has 0 unspecified atom stereocenters. The smallest absolute Gasteiger partial charge is 0.267 e. The maximum absolute atomic E-state index is 13.3. The number of nitriles is 1. The minimum atomic E-state index is -0.736. The van der Waals surface area contributed by atoms with E-state index in [9.17, 15) is 19.2 Å². The molecule has 0 atom stereocenters. The van der Waals surface area contributed by atoms with E-state index in [2.05, 4.69) is 5.32 Å². The number of fused-ring (bicyclic) bond motifs is 1. The van der Waals surface area contributed by atoms with Crippen LogP contribution >= 0.6 is 11.6 Å². The minimum absolute atomic E-state index is 0.0340. The SMILES string of the molecule is N#CC(C(=O)Nc1ccc(F)cc1)=C1C(=O)N(Cc2ccc(Cl)cc2)c2ccccc21. The van der Waals surface area contributed by atoms with Gasteiger partial charge in [0.1, 0.15) is 17.5 Å². The van der Waals surface area contributed by atoms with Crippen molar-refractivity contribution in [3.63, 3.8) is 0 Å². The number of benzene rings is 3. The van der Waals surface area contributed by atoms with Crippen LogP contribution < -0.4 is 10.2 Å². The lowest BCUT2D eigenvalue weighted by Gasteiger charge is -2.17. The molecule has 3 aromatic rings. The van der Waals surface area contributed by atoms with Crippen LogP contribution in [-0.4, -0.2) is 11.8 Å². The van der Waals surface area contributed by atoms with Gasteiger partial charge in [-0.3, -0.25) is 9.59 Å². The van der Waals surface area contributed by atoms with E-state index >= 15 is 0 Å². The Labute approximate surface area is 183 Å². The van der Waals surface area contributed by atoms with E-state index < -0.39 is 17.6 Å². The van der Waals surface area contributed by atoms with Crippen LogP contribution in [0.2, 0.25) is 5.02 Å². The molecule has 152 valence electrons. The molecule has 0 radical (unpaired) electrons. The van der Waals surface area contributed by atoms with Gasteiger partial charge in [-0.05, 0) is 48.0 Å². The van der Waals surface area contributed by atoms with E-state index in [-0.39, 0.29) is 17.7 Å². The highest BCUT2D eigenvalue weighted by molar-refractivity contribution is 6.37. The number of halogens is 2. The molecule has 1 heterocycles. The first-order valence-electron chi connectivity index (χ1n) is 9.35. The summed E-state index contributed by atoms with van der Waals surface area (Å²) < 4.78 is 13.1. The van der Waals surface area contributed by atoms with Gasteiger partial charge in [0.2, 0.25) is 0 Å². The summed E-state index contributed by atoms with van der Waals surface area (Å²) >= 11 is 5.94. The highest BCUT2D eigenvalue weighted by Crippen LogP contribution is 2.39. The van der Waals surface area contributed by atoms with Crippen molar-refractivity contribution >= 4 is 40.4 Å². The first-order valence-corrected chi connectivity index (χ1v) is 9.72. The van der Waals surface area contributed by atoms with Crippen molar-refractivity contribution in [3.8, 4) is 6.07 Å². The van der Waals surface area contributed by atoms with E-state index in [0.29, 0.717) is 22.0 Å². The third kappa shape index (κ3) is 4.04.